The monoisotopic (exact) mass is 408 g/mol. The highest BCUT2D eigenvalue weighted by Crippen LogP contribution is 2.38. The zero-order valence-electron chi connectivity index (χ0n) is 17.7. The van der Waals surface area contributed by atoms with Gasteiger partial charge in [-0.05, 0) is 81.8 Å². The van der Waals surface area contributed by atoms with E-state index < -0.39 is 11.6 Å². The predicted octanol–water partition coefficient (Wildman–Crippen LogP) is 6.31. The molecule has 3 rings (SSSR count). The van der Waals surface area contributed by atoms with Gasteiger partial charge in [0.2, 0.25) is 11.6 Å². The Hall–Kier alpha value is -1.62. The van der Waals surface area contributed by atoms with Gasteiger partial charge in [0, 0.05) is 0 Å². The fraction of sp³-hybridized carbons (Fsp3) is 0.667. The van der Waals surface area contributed by atoms with Gasteiger partial charge < -0.3 is 14.2 Å². The molecule has 0 bridgehead atoms. The fourth-order valence-corrected chi connectivity index (χ4v) is 4.54. The summed E-state index contributed by atoms with van der Waals surface area (Å²) in [5.74, 6) is -0.0326. The van der Waals surface area contributed by atoms with Crippen molar-refractivity contribution in [3.8, 4) is 11.5 Å². The minimum Gasteiger partial charge on any atom is -0.490 e. The second-order valence-corrected chi connectivity index (χ2v) is 8.34. The van der Waals surface area contributed by atoms with E-state index in [9.17, 15) is 8.78 Å². The first-order valence-electron chi connectivity index (χ1n) is 11.1. The van der Waals surface area contributed by atoms with Crippen LogP contribution in [0.2, 0.25) is 0 Å². The van der Waals surface area contributed by atoms with Gasteiger partial charge in [0.05, 0.1) is 19.3 Å². The summed E-state index contributed by atoms with van der Waals surface area (Å²) in [6, 6.07) is 2.85. The molecule has 1 aliphatic carbocycles. The van der Waals surface area contributed by atoms with Crippen molar-refractivity contribution in [2.24, 2.45) is 17.8 Å². The van der Waals surface area contributed by atoms with Crippen LogP contribution < -0.4 is 9.47 Å². The van der Waals surface area contributed by atoms with Gasteiger partial charge in [-0.2, -0.15) is 8.78 Å². The minimum atomic E-state index is -0.995. The Bertz CT molecular complexity index is 660. The maximum atomic E-state index is 14.2. The Morgan fingerprint density at radius 3 is 2.21 bits per heavy atom. The summed E-state index contributed by atoms with van der Waals surface area (Å²) in [7, 11) is 0. The third kappa shape index (κ3) is 5.94. The van der Waals surface area contributed by atoms with Gasteiger partial charge in [-0.1, -0.05) is 19.1 Å². The lowest BCUT2D eigenvalue weighted by Crippen LogP contribution is -2.35. The van der Waals surface area contributed by atoms with E-state index in [0.29, 0.717) is 12.5 Å². The van der Waals surface area contributed by atoms with Gasteiger partial charge in [-0.3, -0.25) is 0 Å². The van der Waals surface area contributed by atoms with E-state index in [1.807, 2.05) is 6.92 Å². The van der Waals surface area contributed by atoms with Gasteiger partial charge in [0.25, 0.3) is 0 Å². The molecule has 0 amide bonds. The van der Waals surface area contributed by atoms with E-state index in [0.717, 1.165) is 37.7 Å². The van der Waals surface area contributed by atoms with Crippen LogP contribution in [-0.2, 0) is 4.74 Å². The molecule has 1 aromatic rings. The Balaban J connectivity index is 1.43. The van der Waals surface area contributed by atoms with Crippen molar-refractivity contribution in [3.05, 3.63) is 35.9 Å². The molecule has 0 N–H and O–H groups in total. The number of hydrogen-bond acceptors (Lipinski definition) is 3. The number of allylic oxidation sites excluding steroid dienone is 2. The first kappa shape index (κ1) is 22.1. The summed E-state index contributed by atoms with van der Waals surface area (Å²) in [5, 5.41) is 0. The second-order valence-electron chi connectivity index (χ2n) is 8.34. The standard InChI is InChI=1S/C24H34F2O3/c1-3-5-17-6-8-18(9-7-17)19-10-11-20(28-15-19)16-29-22-13-12-21(27-14-4-2)23(25)24(22)26/h3,5,12-13,17-20H,4,6-11,14-16H2,1-2H3. The van der Waals surface area contributed by atoms with Gasteiger partial charge in [-0.25, -0.2) is 0 Å². The number of halogens is 2. The normalized spacial score (nSPS) is 27.9. The molecule has 0 spiro atoms. The maximum Gasteiger partial charge on any atom is 0.204 e. The highest BCUT2D eigenvalue weighted by molar-refractivity contribution is 5.35. The Morgan fingerprint density at radius 2 is 1.62 bits per heavy atom. The molecular formula is C24H34F2O3. The van der Waals surface area contributed by atoms with Crippen molar-refractivity contribution in [3.63, 3.8) is 0 Å². The van der Waals surface area contributed by atoms with E-state index in [-0.39, 0.29) is 24.2 Å². The predicted molar refractivity (Wildman–Crippen MR) is 110 cm³/mol. The SMILES string of the molecule is CC=CC1CCC(C2CCC(COc3ccc(OCCC)c(F)c3F)OC2)CC1. The largest absolute Gasteiger partial charge is 0.490 e. The molecule has 1 heterocycles. The number of hydrogen-bond donors (Lipinski definition) is 0. The molecule has 2 atom stereocenters. The highest BCUT2D eigenvalue weighted by Gasteiger charge is 2.31. The van der Waals surface area contributed by atoms with Crippen molar-refractivity contribution in [1.29, 1.82) is 0 Å². The highest BCUT2D eigenvalue weighted by atomic mass is 19.2. The van der Waals surface area contributed by atoms with Gasteiger partial charge in [0.15, 0.2) is 11.5 Å². The molecule has 2 unspecified atom stereocenters. The quantitative estimate of drug-likeness (QED) is 0.472. The fourth-order valence-electron chi connectivity index (χ4n) is 4.54. The molecule has 1 saturated carbocycles. The molecule has 2 aliphatic rings. The topological polar surface area (TPSA) is 27.7 Å². The van der Waals surface area contributed by atoms with E-state index in [1.54, 1.807) is 0 Å². The number of benzene rings is 1. The molecular weight excluding hydrogens is 374 g/mol. The van der Waals surface area contributed by atoms with Crippen LogP contribution in [0.5, 0.6) is 11.5 Å². The van der Waals surface area contributed by atoms with Crippen LogP contribution in [0.1, 0.15) is 58.8 Å². The van der Waals surface area contributed by atoms with E-state index in [1.165, 1.54) is 37.8 Å². The van der Waals surface area contributed by atoms with Crippen molar-refractivity contribution >= 4 is 0 Å². The summed E-state index contributed by atoms with van der Waals surface area (Å²) >= 11 is 0. The molecule has 1 saturated heterocycles. The molecule has 2 fully saturated rings. The van der Waals surface area contributed by atoms with Crippen molar-refractivity contribution in [2.45, 2.75) is 64.9 Å². The van der Waals surface area contributed by atoms with Crippen molar-refractivity contribution < 1.29 is 23.0 Å². The van der Waals surface area contributed by atoms with Crippen molar-refractivity contribution in [2.75, 3.05) is 19.8 Å². The van der Waals surface area contributed by atoms with Crippen LogP contribution in [0.4, 0.5) is 8.78 Å². The van der Waals surface area contributed by atoms with Gasteiger partial charge >= 0.3 is 0 Å². The Labute approximate surface area is 173 Å². The summed E-state index contributed by atoms with van der Waals surface area (Å²) < 4.78 is 45.0. The zero-order valence-corrected chi connectivity index (χ0v) is 17.7. The molecule has 1 aliphatic heterocycles. The van der Waals surface area contributed by atoms with Crippen LogP contribution in [0, 0.1) is 29.4 Å². The lowest BCUT2D eigenvalue weighted by atomic mass is 9.74. The number of ether oxygens (including phenoxy) is 3. The summed E-state index contributed by atoms with van der Waals surface area (Å²) in [4.78, 5) is 0. The van der Waals surface area contributed by atoms with Crippen LogP contribution in [-0.4, -0.2) is 25.9 Å². The van der Waals surface area contributed by atoms with E-state index in [4.69, 9.17) is 14.2 Å². The molecule has 1 aromatic carbocycles. The summed E-state index contributed by atoms with van der Waals surface area (Å²) in [5.41, 5.74) is 0. The lowest BCUT2D eigenvalue weighted by molar-refractivity contribution is -0.0558. The van der Waals surface area contributed by atoms with Gasteiger partial charge in [0.1, 0.15) is 6.61 Å². The molecule has 162 valence electrons. The van der Waals surface area contributed by atoms with Crippen LogP contribution in [0.3, 0.4) is 0 Å². The van der Waals surface area contributed by atoms with Gasteiger partial charge in [-0.15, -0.1) is 0 Å². The molecule has 29 heavy (non-hydrogen) atoms. The Morgan fingerprint density at radius 1 is 0.966 bits per heavy atom. The molecule has 3 nitrogen and oxygen atoms in total. The van der Waals surface area contributed by atoms with E-state index >= 15 is 0 Å². The maximum absolute atomic E-state index is 14.2. The molecule has 0 radical (unpaired) electrons. The Kier molecular flexibility index (Phi) is 8.34. The molecule has 5 heteroatoms. The van der Waals surface area contributed by atoms with Crippen LogP contribution in [0.15, 0.2) is 24.3 Å². The minimum absolute atomic E-state index is 0.0657. The van der Waals surface area contributed by atoms with E-state index in [2.05, 4.69) is 19.1 Å². The smallest absolute Gasteiger partial charge is 0.204 e. The third-order valence-corrected chi connectivity index (χ3v) is 6.25. The lowest BCUT2D eigenvalue weighted by Gasteiger charge is -2.37. The zero-order chi connectivity index (χ0) is 20.6. The average molecular weight is 409 g/mol. The molecule has 0 aromatic heterocycles. The second kappa shape index (κ2) is 11.0. The first-order valence-corrected chi connectivity index (χ1v) is 11.1. The van der Waals surface area contributed by atoms with Crippen molar-refractivity contribution in [1.82, 2.24) is 0 Å². The summed E-state index contributed by atoms with van der Waals surface area (Å²) in [6.45, 7) is 5.35. The number of rotatable bonds is 8. The van der Waals surface area contributed by atoms with Crippen LogP contribution >= 0.6 is 0 Å². The third-order valence-electron chi connectivity index (χ3n) is 6.25. The van der Waals surface area contributed by atoms with Crippen LogP contribution in [0.25, 0.3) is 0 Å². The average Bonchev–Trinajstić information content (AvgIpc) is 2.75. The summed E-state index contributed by atoms with van der Waals surface area (Å²) in [6.07, 6.45) is 12.3. The first-order chi connectivity index (χ1) is 14.1.